The van der Waals surface area contributed by atoms with Crippen molar-refractivity contribution in [1.82, 2.24) is 5.32 Å². The van der Waals surface area contributed by atoms with Crippen molar-refractivity contribution in [3.05, 3.63) is 59.7 Å². The fourth-order valence-corrected chi connectivity index (χ4v) is 3.33. The first-order chi connectivity index (χ1) is 13.5. The van der Waals surface area contributed by atoms with Gasteiger partial charge in [0.2, 0.25) is 11.8 Å². The molecular weight excluding hydrogens is 356 g/mol. The SMILES string of the molecule is CCc1ccccc1N1CC(C(=O)Nc2ccc(CNC(N)=O)cc2)CC1=O. The van der Waals surface area contributed by atoms with Gasteiger partial charge in [-0.25, -0.2) is 4.79 Å². The number of nitrogens with zero attached hydrogens (tertiary/aromatic N) is 1. The lowest BCUT2D eigenvalue weighted by Gasteiger charge is -2.20. The number of hydrogen-bond acceptors (Lipinski definition) is 3. The molecule has 1 saturated heterocycles. The minimum absolute atomic E-state index is 0.0334. The van der Waals surface area contributed by atoms with Crippen LogP contribution in [0, 0.1) is 5.92 Å². The van der Waals surface area contributed by atoms with E-state index >= 15 is 0 Å². The molecule has 3 rings (SSSR count). The largest absolute Gasteiger partial charge is 0.352 e. The van der Waals surface area contributed by atoms with E-state index in [1.54, 1.807) is 29.2 Å². The molecule has 4 N–H and O–H groups in total. The van der Waals surface area contributed by atoms with Crippen molar-refractivity contribution < 1.29 is 14.4 Å². The van der Waals surface area contributed by atoms with Gasteiger partial charge in [0.15, 0.2) is 0 Å². The van der Waals surface area contributed by atoms with Crippen LogP contribution in [-0.2, 0) is 22.6 Å². The molecule has 1 unspecified atom stereocenters. The second-order valence-electron chi connectivity index (χ2n) is 6.79. The molecule has 0 aliphatic carbocycles. The number of nitrogens with one attached hydrogen (secondary N) is 2. The van der Waals surface area contributed by atoms with Gasteiger partial charge in [-0.15, -0.1) is 0 Å². The Bertz CT molecular complexity index is 879. The van der Waals surface area contributed by atoms with Gasteiger partial charge in [-0.2, -0.15) is 0 Å². The fourth-order valence-electron chi connectivity index (χ4n) is 3.33. The third-order valence-electron chi connectivity index (χ3n) is 4.85. The van der Waals surface area contributed by atoms with E-state index in [4.69, 9.17) is 5.73 Å². The fraction of sp³-hybridized carbons (Fsp3) is 0.286. The maximum absolute atomic E-state index is 12.6. The molecule has 0 aromatic heterocycles. The lowest BCUT2D eigenvalue weighted by Crippen LogP contribution is -2.29. The average Bonchev–Trinajstić information content (AvgIpc) is 3.09. The predicted molar refractivity (Wildman–Crippen MR) is 108 cm³/mol. The van der Waals surface area contributed by atoms with E-state index in [9.17, 15) is 14.4 Å². The first-order valence-electron chi connectivity index (χ1n) is 9.29. The summed E-state index contributed by atoms with van der Waals surface area (Å²) in [4.78, 5) is 37.6. The van der Waals surface area contributed by atoms with Crippen LogP contribution in [0.3, 0.4) is 0 Å². The van der Waals surface area contributed by atoms with Crippen molar-refractivity contribution in [2.24, 2.45) is 11.7 Å². The molecule has 1 heterocycles. The van der Waals surface area contributed by atoms with Crippen molar-refractivity contribution in [2.45, 2.75) is 26.3 Å². The van der Waals surface area contributed by atoms with Crippen LogP contribution in [0.4, 0.5) is 16.2 Å². The van der Waals surface area contributed by atoms with Gasteiger partial charge in [-0.3, -0.25) is 9.59 Å². The summed E-state index contributed by atoms with van der Waals surface area (Å²) >= 11 is 0. The first-order valence-corrected chi connectivity index (χ1v) is 9.29. The average molecular weight is 380 g/mol. The van der Waals surface area contributed by atoms with Crippen molar-refractivity contribution in [1.29, 1.82) is 0 Å². The molecule has 0 bridgehead atoms. The molecule has 2 aromatic carbocycles. The van der Waals surface area contributed by atoms with Crippen LogP contribution in [0.2, 0.25) is 0 Å². The van der Waals surface area contributed by atoms with E-state index in [0.29, 0.717) is 18.8 Å². The number of carbonyl (C=O) groups excluding carboxylic acids is 3. The van der Waals surface area contributed by atoms with Crippen LogP contribution >= 0.6 is 0 Å². The van der Waals surface area contributed by atoms with Crippen molar-refractivity contribution in [3.8, 4) is 0 Å². The third kappa shape index (κ3) is 4.49. The van der Waals surface area contributed by atoms with Crippen LogP contribution < -0.4 is 21.3 Å². The van der Waals surface area contributed by atoms with Crippen LogP contribution in [0.5, 0.6) is 0 Å². The topological polar surface area (TPSA) is 105 Å². The van der Waals surface area contributed by atoms with Crippen LogP contribution in [-0.4, -0.2) is 24.4 Å². The summed E-state index contributed by atoms with van der Waals surface area (Å²) in [5.41, 5.74) is 8.55. The highest BCUT2D eigenvalue weighted by Gasteiger charge is 2.35. The van der Waals surface area contributed by atoms with E-state index in [1.807, 2.05) is 31.2 Å². The molecule has 1 atom stereocenters. The van der Waals surface area contributed by atoms with Crippen molar-refractivity contribution >= 4 is 29.2 Å². The molecule has 1 fully saturated rings. The number of carbonyl (C=O) groups is 3. The molecule has 28 heavy (non-hydrogen) atoms. The van der Waals surface area contributed by atoms with E-state index in [0.717, 1.165) is 23.2 Å². The standard InChI is InChI=1S/C21H24N4O3/c1-2-15-5-3-4-6-18(15)25-13-16(11-19(25)26)20(27)24-17-9-7-14(8-10-17)12-23-21(22)28/h3-10,16H,2,11-13H2,1H3,(H,24,27)(H3,22,23,28). The van der Waals surface area contributed by atoms with Gasteiger partial charge in [-0.05, 0) is 35.7 Å². The smallest absolute Gasteiger partial charge is 0.312 e. The molecule has 1 aliphatic rings. The van der Waals surface area contributed by atoms with Gasteiger partial charge >= 0.3 is 6.03 Å². The number of anilines is 2. The quantitative estimate of drug-likeness (QED) is 0.717. The summed E-state index contributed by atoms with van der Waals surface area (Å²) in [7, 11) is 0. The molecule has 2 aromatic rings. The number of aryl methyl sites for hydroxylation is 1. The Morgan fingerprint density at radius 3 is 2.54 bits per heavy atom. The number of amides is 4. The zero-order valence-corrected chi connectivity index (χ0v) is 15.8. The molecular formula is C21H24N4O3. The van der Waals surface area contributed by atoms with E-state index in [2.05, 4.69) is 10.6 Å². The van der Waals surface area contributed by atoms with E-state index in [1.165, 1.54) is 0 Å². The van der Waals surface area contributed by atoms with Crippen molar-refractivity contribution in [3.63, 3.8) is 0 Å². The minimum atomic E-state index is -0.586. The normalized spacial score (nSPS) is 16.1. The van der Waals surface area contributed by atoms with E-state index < -0.39 is 11.9 Å². The number of nitrogens with two attached hydrogens (primary N) is 1. The number of para-hydroxylation sites is 1. The molecule has 7 nitrogen and oxygen atoms in total. The Balaban J connectivity index is 1.62. The second kappa shape index (κ2) is 8.56. The summed E-state index contributed by atoms with van der Waals surface area (Å²) in [5.74, 6) is -0.601. The highest BCUT2D eigenvalue weighted by molar-refractivity contribution is 6.03. The zero-order valence-electron chi connectivity index (χ0n) is 15.8. The van der Waals surface area contributed by atoms with Crippen LogP contribution in [0.25, 0.3) is 0 Å². The highest BCUT2D eigenvalue weighted by atomic mass is 16.2. The first kappa shape index (κ1) is 19.4. The molecule has 1 aliphatic heterocycles. The summed E-state index contributed by atoms with van der Waals surface area (Å²) in [6.45, 7) is 2.75. The predicted octanol–water partition coefficient (Wildman–Crippen LogP) is 2.41. The highest BCUT2D eigenvalue weighted by Crippen LogP contribution is 2.29. The third-order valence-corrected chi connectivity index (χ3v) is 4.85. The maximum atomic E-state index is 12.6. The summed E-state index contributed by atoms with van der Waals surface area (Å²) < 4.78 is 0. The van der Waals surface area contributed by atoms with Gasteiger partial charge in [0.25, 0.3) is 0 Å². The second-order valence-corrected chi connectivity index (χ2v) is 6.79. The van der Waals surface area contributed by atoms with Gasteiger partial charge in [0.1, 0.15) is 0 Å². The minimum Gasteiger partial charge on any atom is -0.352 e. The van der Waals surface area contributed by atoms with Crippen LogP contribution in [0.15, 0.2) is 48.5 Å². The Morgan fingerprint density at radius 2 is 1.86 bits per heavy atom. The Morgan fingerprint density at radius 1 is 1.14 bits per heavy atom. The molecule has 146 valence electrons. The van der Waals surface area contributed by atoms with Gasteiger partial charge in [0.05, 0.1) is 5.92 Å². The lowest BCUT2D eigenvalue weighted by molar-refractivity contribution is -0.122. The molecule has 0 radical (unpaired) electrons. The summed E-state index contributed by atoms with van der Waals surface area (Å²) in [5, 5.41) is 5.38. The van der Waals surface area contributed by atoms with Gasteiger partial charge < -0.3 is 21.3 Å². The molecule has 7 heteroatoms. The molecule has 4 amide bonds. The van der Waals surface area contributed by atoms with Gasteiger partial charge in [-0.1, -0.05) is 37.3 Å². The number of primary amides is 1. The summed E-state index contributed by atoms with van der Waals surface area (Å²) in [6, 6.07) is 14.3. The lowest BCUT2D eigenvalue weighted by atomic mass is 10.1. The van der Waals surface area contributed by atoms with E-state index in [-0.39, 0.29) is 18.2 Å². The zero-order chi connectivity index (χ0) is 20.1. The van der Waals surface area contributed by atoms with Crippen LogP contribution in [0.1, 0.15) is 24.5 Å². The number of benzene rings is 2. The molecule has 0 saturated carbocycles. The number of hydrogen-bond donors (Lipinski definition) is 3. The van der Waals surface area contributed by atoms with Gasteiger partial charge in [0, 0.05) is 30.9 Å². The number of urea groups is 1. The Hall–Kier alpha value is -3.35. The Labute approximate surface area is 163 Å². The molecule has 0 spiro atoms. The monoisotopic (exact) mass is 380 g/mol. The summed E-state index contributed by atoms with van der Waals surface area (Å²) in [6.07, 6.45) is 1.03. The van der Waals surface area contributed by atoms with Crippen molar-refractivity contribution in [2.75, 3.05) is 16.8 Å². The number of rotatable bonds is 6. The maximum Gasteiger partial charge on any atom is 0.312 e. The Kier molecular flexibility index (Phi) is 5.93.